The summed E-state index contributed by atoms with van der Waals surface area (Å²) in [5, 5.41) is 30.1. The van der Waals surface area contributed by atoms with E-state index in [2.05, 4.69) is 0 Å². The van der Waals surface area contributed by atoms with Crippen LogP contribution in [0.1, 0.15) is 89.9 Å². The number of hydrogen-bond donors (Lipinski definition) is 3. The van der Waals surface area contributed by atoms with Crippen molar-refractivity contribution in [2.45, 2.75) is 102 Å². The summed E-state index contributed by atoms with van der Waals surface area (Å²) in [6.07, 6.45) is 16.8. The largest absolute Gasteiger partial charge is 0.396 e. The summed E-state index contributed by atoms with van der Waals surface area (Å²) in [7, 11) is 0. The normalized spacial score (nSPS) is 24.1. The molecule has 0 spiro atoms. The number of aliphatic hydroxyl groups is 3. The van der Waals surface area contributed by atoms with Crippen LogP contribution in [0.2, 0.25) is 0 Å². The molecular formula is C21H40O4. The minimum atomic E-state index is -0.924. The summed E-state index contributed by atoms with van der Waals surface area (Å²) in [5.41, 5.74) is -0.924. The molecule has 0 aromatic rings. The van der Waals surface area contributed by atoms with Crippen molar-refractivity contribution in [2.24, 2.45) is 11.3 Å². The van der Waals surface area contributed by atoms with E-state index in [4.69, 9.17) is 4.74 Å². The Kier molecular flexibility index (Phi) is 9.75. The molecule has 2 fully saturated rings. The molecular weight excluding hydrogens is 316 g/mol. The second-order valence-corrected chi connectivity index (χ2v) is 8.47. The fourth-order valence-electron chi connectivity index (χ4n) is 4.73. The third kappa shape index (κ3) is 6.20. The van der Waals surface area contributed by atoms with E-state index in [-0.39, 0.29) is 32.0 Å². The molecule has 0 aliphatic heterocycles. The topological polar surface area (TPSA) is 69.9 Å². The van der Waals surface area contributed by atoms with Gasteiger partial charge in [0.2, 0.25) is 0 Å². The highest BCUT2D eigenvalue weighted by atomic mass is 16.5. The minimum absolute atomic E-state index is 0.208. The van der Waals surface area contributed by atoms with Gasteiger partial charge in [0.15, 0.2) is 0 Å². The lowest BCUT2D eigenvalue weighted by atomic mass is 9.73. The zero-order chi connectivity index (χ0) is 18.0. The zero-order valence-electron chi connectivity index (χ0n) is 16.0. The van der Waals surface area contributed by atoms with Gasteiger partial charge in [-0.2, -0.15) is 0 Å². The number of aliphatic hydroxyl groups excluding tert-OH is 3. The van der Waals surface area contributed by atoms with Gasteiger partial charge in [0, 0.05) is 0 Å². The smallest absolute Gasteiger partial charge is 0.0729 e. The lowest BCUT2D eigenvalue weighted by Crippen LogP contribution is -2.51. The molecule has 1 atom stereocenters. The van der Waals surface area contributed by atoms with Gasteiger partial charge < -0.3 is 20.1 Å². The van der Waals surface area contributed by atoms with Crippen LogP contribution in [-0.2, 0) is 4.74 Å². The molecule has 0 saturated heterocycles. The second-order valence-electron chi connectivity index (χ2n) is 8.47. The minimum Gasteiger partial charge on any atom is -0.396 e. The van der Waals surface area contributed by atoms with Gasteiger partial charge in [-0.3, -0.25) is 0 Å². The molecule has 2 aliphatic rings. The zero-order valence-corrected chi connectivity index (χ0v) is 16.0. The average molecular weight is 357 g/mol. The number of hydrogen-bond acceptors (Lipinski definition) is 4. The molecule has 2 saturated carbocycles. The molecule has 0 bridgehead atoms. The van der Waals surface area contributed by atoms with Crippen LogP contribution in [-0.4, -0.2) is 47.3 Å². The summed E-state index contributed by atoms with van der Waals surface area (Å²) in [4.78, 5) is 0. The third-order valence-electron chi connectivity index (χ3n) is 6.52. The van der Waals surface area contributed by atoms with Crippen molar-refractivity contribution >= 4 is 0 Å². The maximum Gasteiger partial charge on any atom is 0.0729 e. The summed E-state index contributed by atoms with van der Waals surface area (Å²) in [6.45, 7) is -0.643. The maximum absolute atomic E-state index is 10.0. The van der Waals surface area contributed by atoms with E-state index in [1.54, 1.807) is 0 Å². The molecule has 1 unspecified atom stereocenters. The van der Waals surface area contributed by atoms with Gasteiger partial charge in [-0.1, -0.05) is 64.2 Å². The van der Waals surface area contributed by atoms with Crippen molar-refractivity contribution in [3.05, 3.63) is 0 Å². The molecule has 0 radical (unpaired) electrons. The van der Waals surface area contributed by atoms with E-state index in [1.807, 2.05) is 0 Å². The Labute approximate surface area is 154 Å². The van der Waals surface area contributed by atoms with E-state index in [0.717, 1.165) is 25.7 Å². The first-order chi connectivity index (χ1) is 12.3. The van der Waals surface area contributed by atoms with Crippen LogP contribution in [0.4, 0.5) is 0 Å². The maximum atomic E-state index is 10.0. The lowest BCUT2D eigenvalue weighted by Gasteiger charge is -2.43. The summed E-state index contributed by atoms with van der Waals surface area (Å²) < 4.78 is 6.62. The third-order valence-corrected chi connectivity index (χ3v) is 6.52. The van der Waals surface area contributed by atoms with Crippen molar-refractivity contribution in [1.82, 2.24) is 0 Å². The predicted molar refractivity (Wildman–Crippen MR) is 100 cm³/mol. The molecule has 0 aromatic heterocycles. The van der Waals surface area contributed by atoms with Crippen LogP contribution in [0.5, 0.6) is 0 Å². The molecule has 3 N–H and O–H groups in total. The molecule has 4 nitrogen and oxygen atoms in total. The fraction of sp³-hybridized carbons (Fsp3) is 1.00. The molecule has 4 heteroatoms. The fourth-order valence-corrected chi connectivity index (χ4v) is 4.73. The van der Waals surface area contributed by atoms with Crippen molar-refractivity contribution in [2.75, 3.05) is 19.8 Å². The van der Waals surface area contributed by atoms with Crippen molar-refractivity contribution in [1.29, 1.82) is 0 Å². The van der Waals surface area contributed by atoms with E-state index >= 15 is 0 Å². The molecule has 0 heterocycles. The van der Waals surface area contributed by atoms with Crippen LogP contribution < -0.4 is 0 Å². The van der Waals surface area contributed by atoms with E-state index < -0.39 is 5.41 Å². The quantitative estimate of drug-likeness (QED) is 0.649. The predicted octanol–water partition coefficient (Wildman–Crippen LogP) is 3.81. The monoisotopic (exact) mass is 356 g/mol. The first-order valence-electron chi connectivity index (χ1n) is 10.7. The van der Waals surface area contributed by atoms with Gasteiger partial charge >= 0.3 is 0 Å². The number of ether oxygens (including phenoxy) is 1. The average Bonchev–Trinajstić information content (AvgIpc) is 2.58. The van der Waals surface area contributed by atoms with Gasteiger partial charge in [0.05, 0.1) is 37.4 Å². The Morgan fingerprint density at radius 3 is 1.48 bits per heavy atom. The van der Waals surface area contributed by atoms with Crippen LogP contribution in [0, 0.1) is 11.3 Å². The van der Waals surface area contributed by atoms with Gasteiger partial charge in [0.25, 0.3) is 0 Å². The van der Waals surface area contributed by atoms with E-state index in [1.165, 1.54) is 64.2 Å². The molecule has 0 amide bonds. The van der Waals surface area contributed by atoms with E-state index in [9.17, 15) is 15.3 Å². The lowest BCUT2D eigenvalue weighted by molar-refractivity contribution is -0.165. The molecule has 25 heavy (non-hydrogen) atoms. The highest BCUT2D eigenvalue weighted by molar-refractivity contribution is 4.92. The first kappa shape index (κ1) is 21.1. The standard InChI is InChI=1S/C21H40O4/c22-15-21(16-23,17-24)20(18-11-7-3-1-4-8-12-18)25-19-13-9-5-2-6-10-14-19/h18-20,22-24H,1-17H2. The summed E-state index contributed by atoms with van der Waals surface area (Å²) in [6, 6.07) is 0. The first-order valence-corrected chi connectivity index (χ1v) is 10.7. The Bertz CT molecular complexity index is 319. The highest BCUT2D eigenvalue weighted by Gasteiger charge is 2.44. The van der Waals surface area contributed by atoms with Gasteiger partial charge in [-0.05, 0) is 31.6 Å². The van der Waals surface area contributed by atoms with Gasteiger partial charge in [0.1, 0.15) is 0 Å². The Balaban J connectivity index is 2.14. The molecule has 148 valence electrons. The van der Waals surface area contributed by atoms with Crippen LogP contribution in [0.15, 0.2) is 0 Å². The Morgan fingerprint density at radius 1 is 0.640 bits per heavy atom. The Hall–Kier alpha value is -0.160. The second kappa shape index (κ2) is 11.5. The van der Waals surface area contributed by atoms with Gasteiger partial charge in [-0.25, -0.2) is 0 Å². The molecule has 2 rings (SSSR count). The van der Waals surface area contributed by atoms with Gasteiger partial charge in [-0.15, -0.1) is 0 Å². The van der Waals surface area contributed by atoms with Crippen LogP contribution in [0.25, 0.3) is 0 Å². The number of rotatable bonds is 7. The van der Waals surface area contributed by atoms with Crippen LogP contribution in [0.3, 0.4) is 0 Å². The van der Waals surface area contributed by atoms with Crippen molar-refractivity contribution < 1.29 is 20.1 Å². The Morgan fingerprint density at radius 2 is 1.04 bits per heavy atom. The van der Waals surface area contributed by atoms with E-state index in [0.29, 0.717) is 5.92 Å². The summed E-state index contributed by atoms with van der Waals surface area (Å²) >= 11 is 0. The summed E-state index contributed by atoms with van der Waals surface area (Å²) in [5.74, 6) is 0.331. The van der Waals surface area contributed by atoms with Crippen molar-refractivity contribution in [3.63, 3.8) is 0 Å². The molecule has 2 aliphatic carbocycles. The molecule has 0 aromatic carbocycles. The van der Waals surface area contributed by atoms with Crippen molar-refractivity contribution in [3.8, 4) is 0 Å². The highest BCUT2D eigenvalue weighted by Crippen LogP contribution is 2.38. The van der Waals surface area contributed by atoms with Crippen LogP contribution >= 0.6 is 0 Å². The SMILES string of the molecule is OCC(CO)(CO)C(OC1CCCCCCC1)C1CCCCCCC1.